The van der Waals surface area contributed by atoms with Crippen molar-refractivity contribution in [1.82, 2.24) is 10.2 Å². The molecular weight excluding hydrogens is 164 g/mol. The summed E-state index contributed by atoms with van der Waals surface area (Å²) in [6, 6.07) is 0.390. The monoisotopic (exact) mass is 182 g/mol. The van der Waals surface area contributed by atoms with Crippen molar-refractivity contribution in [2.75, 3.05) is 19.6 Å². The van der Waals surface area contributed by atoms with Crippen LogP contribution in [0, 0.1) is 12.3 Å². The summed E-state index contributed by atoms with van der Waals surface area (Å²) < 4.78 is 0. The lowest BCUT2D eigenvalue weighted by atomic mass is 10.3. The Morgan fingerprint density at radius 3 is 2.62 bits per heavy atom. The van der Waals surface area contributed by atoms with Crippen LogP contribution in [0.5, 0.6) is 0 Å². The molecule has 0 saturated carbocycles. The zero-order valence-electron chi connectivity index (χ0n) is 8.63. The third kappa shape index (κ3) is 5.26. The highest BCUT2D eigenvalue weighted by atomic mass is 16.2. The molecule has 0 unspecified atom stereocenters. The van der Waals surface area contributed by atoms with Crippen molar-refractivity contribution in [2.24, 2.45) is 0 Å². The number of hydrogen-bond acceptors (Lipinski definition) is 2. The number of terminal acetylenes is 1. The van der Waals surface area contributed by atoms with E-state index in [9.17, 15) is 4.79 Å². The number of nitrogens with one attached hydrogen (secondary N) is 1. The molecule has 74 valence electrons. The van der Waals surface area contributed by atoms with Crippen molar-refractivity contribution in [3.8, 4) is 12.3 Å². The van der Waals surface area contributed by atoms with E-state index < -0.39 is 0 Å². The molecular formula is C10H18N2O. The second-order valence-electron chi connectivity index (χ2n) is 3.14. The Morgan fingerprint density at radius 2 is 2.23 bits per heavy atom. The highest BCUT2D eigenvalue weighted by Crippen LogP contribution is 1.95. The van der Waals surface area contributed by atoms with Gasteiger partial charge in [0.15, 0.2) is 0 Å². The Bertz CT molecular complexity index is 194. The number of carbonyl (C=O) groups excluding carboxylic acids is 1. The van der Waals surface area contributed by atoms with Crippen LogP contribution < -0.4 is 5.32 Å². The van der Waals surface area contributed by atoms with Gasteiger partial charge in [-0.2, -0.15) is 0 Å². The van der Waals surface area contributed by atoms with E-state index in [1.807, 2.05) is 6.92 Å². The van der Waals surface area contributed by atoms with Gasteiger partial charge in [0.1, 0.15) is 0 Å². The SMILES string of the molecule is C#CCNC(=O)CN(CC)C(C)C. The highest BCUT2D eigenvalue weighted by Gasteiger charge is 2.10. The average Bonchev–Trinajstić information content (AvgIpc) is 2.10. The summed E-state index contributed by atoms with van der Waals surface area (Å²) in [5, 5.41) is 2.64. The molecule has 0 aromatic heterocycles. The van der Waals surface area contributed by atoms with Crippen molar-refractivity contribution in [3.05, 3.63) is 0 Å². The maximum atomic E-state index is 11.2. The third-order valence-corrected chi connectivity index (χ3v) is 1.87. The fourth-order valence-corrected chi connectivity index (χ4v) is 1.05. The van der Waals surface area contributed by atoms with E-state index in [0.29, 0.717) is 19.1 Å². The van der Waals surface area contributed by atoms with Crippen LogP contribution in [0.15, 0.2) is 0 Å². The maximum absolute atomic E-state index is 11.2. The van der Waals surface area contributed by atoms with Crippen LogP contribution in [0.2, 0.25) is 0 Å². The van der Waals surface area contributed by atoms with Gasteiger partial charge < -0.3 is 5.32 Å². The average molecular weight is 182 g/mol. The zero-order valence-corrected chi connectivity index (χ0v) is 8.63. The topological polar surface area (TPSA) is 32.3 Å². The van der Waals surface area contributed by atoms with E-state index in [4.69, 9.17) is 6.42 Å². The minimum Gasteiger partial charge on any atom is -0.344 e. The van der Waals surface area contributed by atoms with Crippen LogP contribution in [-0.2, 0) is 4.79 Å². The molecule has 0 aliphatic carbocycles. The maximum Gasteiger partial charge on any atom is 0.234 e. The van der Waals surface area contributed by atoms with Crippen molar-refractivity contribution in [1.29, 1.82) is 0 Å². The molecule has 0 spiro atoms. The van der Waals surface area contributed by atoms with Crippen molar-refractivity contribution in [3.63, 3.8) is 0 Å². The molecule has 0 aromatic carbocycles. The van der Waals surface area contributed by atoms with Crippen LogP contribution in [0.4, 0.5) is 0 Å². The molecule has 0 bridgehead atoms. The van der Waals surface area contributed by atoms with Crippen molar-refractivity contribution >= 4 is 5.91 Å². The molecule has 0 fully saturated rings. The summed E-state index contributed by atoms with van der Waals surface area (Å²) >= 11 is 0. The number of rotatable bonds is 5. The summed E-state index contributed by atoms with van der Waals surface area (Å²) in [4.78, 5) is 13.3. The Balaban J connectivity index is 3.81. The molecule has 3 heteroatoms. The molecule has 0 aliphatic heterocycles. The minimum absolute atomic E-state index is 0.00602. The van der Waals surface area contributed by atoms with E-state index in [0.717, 1.165) is 6.54 Å². The Hall–Kier alpha value is -1.01. The summed E-state index contributed by atoms with van der Waals surface area (Å²) in [5.74, 6) is 2.36. The number of amides is 1. The lowest BCUT2D eigenvalue weighted by Gasteiger charge is -2.23. The normalized spacial score (nSPS) is 10.2. The third-order valence-electron chi connectivity index (χ3n) is 1.87. The van der Waals surface area contributed by atoms with Gasteiger partial charge in [-0.05, 0) is 20.4 Å². The second-order valence-corrected chi connectivity index (χ2v) is 3.14. The standard InChI is InChI=1S/C10H18N2O/c1-5-7-11-10(13)8-12(6-2)9(3)4/h1,9H,6-8H2,2-4H3,(H,11,13). The first kappa shape index (κ1) is 12.0. The molecule has 0 atom stereocenters. The van der Waals surface area contributed by atoms with E-state index in [2.05, 4.69) is 30.0 Å². The van der Waals surface area contributed by atoms with Crippen LogP contribution >= 0.6 is 0 Å². The molecule has 1 N–H and O–H groups in total. The first-order chi connectivity index (χ1) is 6.11. The number of nitrogens with zero attached hydrogens (tertiary/aromatic N) is 1. The molecule has 0 saturated heterocycles. The summed E-state index contributed by atoms with van der Waals surface area (Å²) in [5.41, 5.74) is 0. The van der Waals surface area contributed by atoms with Gasteiger partial charge in [0, 0.05) is 6.04 Å². The number of carbonyl (C=O) groups is 1. The van der Waals surface area contributed by atoms with Crippen LogP contribution in [-0.4, -0.2) is 36.5 Å². The first-order valence-corrected chi connectivity index (χ1v) is 4.56. The molecule has 1 amide bonds. The van der Waals surface area contributed by atoms with Gasteiger partial charge in [-0.3, -0.25) is 9.69 Å². The van der Waals surface area contributed by atoms with Gasteiger partial charge in [-0.1, -0.05) is 12.8 Å². The largest absolute Gasteiger partial charge is 0.344 e. The zero-order chi connectivity index (χ0) is 10.3. The smallest absolute Gasteiger partial charge is 0.234 e. The van der Waals surface area contributed by atoms with Crippen LogP contribution in [0.1, 0.15) is 20.8 Å². The Morgan fingerprint density at radius 1 is 1.62 bits per heavy atom. The molecule has 0 aliphatic rings. The van der Waals surface area contributed by atoms with E-state index in [1.54, 1.807) is 0 Å². The fraction of sp³-hybridized carbons (Fsp3) is 0.700. The van der Waals surface area contributed by atoms with Crippen molar-refractivity contribution in [2.45, 2.75) is 26.8 Å². The van der Waals surface area contributed by atoms with E-state index in [1.165, 1.54) is 0 Å². The predicted octanol–water partition coefficient (Wildman–Crippen LogP) is 0.466. The molecule has 0 rings (SSSR count). The quantitative estimate of drug-likeness (QED) is 0.627. The van der Waals surface area contributed by atoms with Gasteiger partial charge in [-0.15, -0.1) is 6.42 Å². The molecule has 0 heterocycles. The van der Waals surface area contributed by atoms with Gasteiger partial charge in [0.2, 0.25) is 5.91 Å². The fourth-order valence-electron chi connectivity index (χ4n) is 1.05. The number of hydrogen-bond donors (Lipinski definition) is 1. The highest BCUT2D eigenvalue weighted by molar-refractivity contribution is 5.78. The summed E-state index contributed by atoms with van der Waals surface area (Å²) in [6.07, 6.45) is 5.02. The number of likely N-dealkylation sites (N-methyl/N-ethyl adjacent to an activating group) is 1. The summed E-state index contributed by atoms with van der Waals surface area (Å²) in [6.45, 7) is 7.79. The van der Waals surface area contributed by atoms with Gasteiger partial charge >= 0.3 is 0 Å². The molecule has 0 radical (unpaired) electrons. The van der Waals surface area contributed by atoms with Gasteiger partial charge in [0.25, 0.3) is 0 Å². The Kier molecular flexibility index (Phi) is 5.99. The molecule has 0 aromatic rings. The van der Waals surface area contributed by atoms with Gasteiger partial charge in [0.05, 0.1) is 13.1 Å². The van der Waals surface area contributed by atoms with Crippen LogP contribution in [0.25, 0.3) is 0 Å². The predicted molar refractivity (Wildman–Crippen MR) is 54.2 cm³/mol. The van der Waals surface area contributed by atoms with E-state index in [-0.39, 0.29) is 5.91 Å². The van der Waals surface area contributed by atoms with E-state index >= 15 is 0 Å². The van der Waals surface area contributed by atoms with Crippen LogP contribution in [0.3, 0.4) is 0 Å². The van der Waals surface area contributed by atoms with Gasteiger partial charge in [-0.25, -0.2) is 0 Å². The van der Waals surface area contributed by atoms with Crippen molar-refractivity contribution < 1.29 is 4.79 Å². The lowest BCUT2D eigenvalue weighted by molar-refractivity contribution is -0.122. The minimum atomic E-state index is -0.00602. The summed E-state index contributed by atoms with van der Waals surface area (Å²) in [7, 11) is 0. The Labute approximate surface area is 80.5 Å². The first-order valence-electron chi connectivity index (χ1n) is 4.56. The second kappa shape index (κ2) is 6.50. The molecule has 3 nitrogen and oxygen atoms in total. The lowest BCUT2D eigenvalue weighted by Crippen LogP contribution is -2.40. The molecule has 13 heavy (non-hydrogen) atoms.